The summed E-state index contributed by atoms with van der Waals surface area (Å²) in [6.07, 6.45) is 0. The van der Waals surface area contributed by atoms with E-state index in [1.807, 2.05) is 13.8 Å². The predicted molar refractivity (Wildman–Crippen MR) is 109 cm³/mol. The highest BCUT2D eigenvalue weighted by molar-refractivity contribution is 5.94. The molecule has 156 valence electrons. The maximum atomic E-state index is 12.5. The lowest BCUT2D eigenvalue weighted by atomic mass is 10.1. The number of hydrogen-bond donors (Lipinski definition) is 0. The highest BCUT2D eigenvalue weighted by atomic mass is 16.5. The van der Waals surface area contributed by atoms with E-state index in [0.717, 1.165) is 11.3 Å². The Labute approximate surface area is 174 Å². The standard InChI is InChI=1S/C23H23NO6/c1-14-21(16(3)30-24-14)13-28-20-7-5-6-18(11-20)23(26)29-12-19-10-17(15(2)25)8-9-22(19)27-4/h5-11H,12-13H2,1-4H3. The normalized spacial score (nSPS) is 10.5. The van der Waals surface area contributed by atoms with Crippen LogP contribution in [-0.2, 0) is 18.0 Å². The van der Waals surface area contributed by atoms with Crippen molar-refractivity contribution in [3.8, 4) is 11.5 Å². The average molecular weight is 409 g/mol. The number of carbonyl (C=O) groups is 2. The molecule has 0 bridgehead atoms. The Morgan fingerprint density at radius 1 is 1.03 bits per heavy atom. The molecule has 0 aliphatic rings. The van der Waals surface area contributed by atoms with Gasteiger partial charge in [-0.2, -0.15) is 0 Å². The fourth-order valence-corrected chi connectivity index (χ4v) is 2.91. The Morgan fingerprint density at radius 3 is 2.50 bits per heavy atom. The van der Waals surface area contributed by atoms with Gasteiger partial charge in [-0.15, -0.1) is 0 Å². The summed E-state index contributed by atoms with van der Waals surface area (Å²) in [7, 11) is 1.52. The third kappa shape index (κ3) is 4.86. The van der Waals surface area contributed by atoms with E-state index >= 15 is 0 Å². The summed E-state index contributed by atoms with van der Waals surface area (Å²) in [5.41, 5.74) is 3.14. The highest BCUT2D eigenvalue weighted by Crippen LogP contribution is 2.23. The minimum atomic E-state index is -0.506. The van der Waals surface area contributed by atoms with Gasteiger partial charge in [-0.1, -0.05) is 11.2 Å². The first-order valence-electron chi connectivity index (χ1n) is 9.38. The molecule has 7 heteroatoms. The predicted octanol–water partition coefficient (Wildman–Crippen LogP) is 4.44. The van der Waals surface area contributed by atoms with Gasteiger partial charge in [0.15, 0.2) is 5.78 Å². The van der Waals surface area contributed by atoms with E-state index in [0.29, 0.717) is 33.9 Å². The number of hydrogen-bond acceptors (Lipinski definition) is 7. The van der Waals surface area contributed by atoms with Gasteiger partial charge in [-0.3, -0.25) is 4.79 Å². The quantitative estimate of drug-likeness (QED) is 0.401. The lowest BCUT2D eigenvalue weighted by Gasteiger charge is -2.11. The van der Waals surface area contributed by atoms with Crippen molar-refractivity contribution < 1.29 is 28.3 Å². The van der Waals surface area contributed by atoms with Crippen molar-refractivity contribution in [2.75, 3.05) is 7.11 Å². The Kier molecular flexibility index (Phi) is 6.51. The van der Waals surface area contributed by atoms with Crippen LogP contribution < -0.4 is 9.47 Å². The largest absolute Gasteiger partial charge is 0.496 e. The summed E-state index contributed by atoms with van der Waals surface area (Å²) < 4.78 is 21.6. The molecule has 0 N–H and O–H groups in total. The number of ketones is 1. The molecule has 0 aliphatic carbocycles. The van der Waals surface area contributed by atoms with Gasteiger partial charge in [0, 0.05) is 11.1 Å². The Balaban J connectivity index is 1.67. The summed E-state index contributed by atoms with van der Waals surface area (Å²) in [4.78, 5) is 24.1. The number of methoxy groups -OCH3 is 1. The van der Waals surface area contributed by atoms with Gasteiger partial charge in [0.1, 0.15) is 30.5 Å². The molecular formula is C23H23NO6. The molecule has 1 heterocycles. The molecule has 0 fully saturated rings. The van der Waals surface area contributed by atoms with Crippen LogP contribution in [0.25, 0.3) is 0 Å². The summed E-state index contributed by atoms with van der Waals surface area (Å²) in [5.74, 6) is 1.19. The maximum Gasteiger partial charge on any atom is 0.338 e. The molecule has 3 aromatic rings. The van der Waals surface area contributed by atoms with Crippen LogP contribution in [0.2, 0.25) is 0 Å². The number of Topliss-reactive ketones (excluding diaryl/α,β-unsaturated/α-hetero) is 1. The smallest absolute Gasteiger partial charge is 0.338 e. The molecule has 0 spiro atoms. The van der Waals surface area contributed by atoms with Crippen molar-refractivity contribution in [1.29, 1.82) is 0 Å². The van der Waals surface area contributed by atoms with Crippen LogP contribution in [0.1, 0.15) is 50.2 Å². The molecule has 30 heavy (non-hydrogen) atoms. The third-order valence-corrected chi connectivity index (χ3v) is 4.68. The molecule has 3 rings (SSSR count). The Morgan fingerprint density at radius 2 is 1.83 bits per heavy atom. The van der Waals surface area contributed by atoms with Crippen LogP contribution in [-0.4, -0.2) is 24.0 Å². The van der Waals surface area contributed by atoms with Gasteiger partial charge >= 0.3 is 5.97 Å². The lowest BCUT2D eigenvalue weighted by Crippen LogP contribution is -2.07. The molecule has 0 saturated carbocycles. The third-order valence-electron chi connectivity index (χ3n) is 4.68. The second-order valence-electron chi connectivity index (χ2n) is 6.78. The molecule has 0 saturated heterocycles. The first kappa shape index (κ1) is 21.1. The second kappa shape index (κ2) is 9.26. The first-order valence-corrected chi connectivity index (χ1v) is 9.38. The van der Waals surface area contributed by atoms with Crippen molar-refractivity contribution in [3.05, 3.63) is 76.2 Å². The molecule has 0 atom stereocenters. The highest BCUT2D eigenvalue weighted by Gasteiger charge is 2.14. The minimum absolute atomic E-state index is 0.0205. The van der Waals surface area contributed by atoms with Crippen molar-refractivity contribution in [2.24, 2.45) is 0 Å². The van der Waals surface area contributed by atoms with E-state index in [1.54, 1.807) is 42.5 Å². The van der Waals surface area contributed by atoms with Gasteiger partial charge in [-0.05, 0) is 57.2 Å². The lowest BCUT2D eigenvalue weighted by molar-refractivity contribution is 0.0469. The Bertz CT molecular complexity index is 1050. The number of rotatable bonds is 8. The van der Waals surface area contributed by atoms with E-state index in [4.69, 9.17) is 18.7 Å². The van der Waals surface area contributed by atoms with Gasteiger partial charge in [0.25, 0.3) is 0 Å². The van der Waals surface area contributed by atoms with Crippen molar-refractivity contribution in [3.63, 3.8) is 0 Å². The van der Waals surface area contributed by atoms with E-state index in [-0.39, 0.29) is 19.0 Å². The van der Waals surface area contributed by atoms with Gasteiger partial charge in [0.05, 0.1) is 23.9 Å². The summed E-state index contributed by atoms with van der Waals surface area (Å²) in [5, 5.41) is 3.90. The molecule has 0 unspecified atom stereocenters. The minimum Gasteiger partial charge on any atom is -0.496 e. The molecule has 2 aromatic carbocycles. The molecule has 1 aromatic heterocycles. The van der Waals surface area contributed by atoms with Crippen LogP contribution in [0.4, 0.5) is 0 Å². The van der Waals surface area contributed by atoms with Crippen molar-refractivity contribution in [1.82, 2.24) is 5.16 Å². The topological polar surface area (TPSA) is 87.9 Å². The van der Waals surface area contributed by atoms with Crippen LogP contribution >= 0.6 is 0 Å². The van der Waals surface area contributed by atoms with Crippen LogP contribution in [0.3, 0.4) is 0 Å². The molecule has 7 nitrogen and oxygen atoms in total. The van der Waals surface area contributed by atoms with Gasteiger partial charge < -0.3 is 18.7 Å². The molecular weight excluding hydrogens is 386 g/mol. The number of nitrogens with zero attached hydrogens (tertiary/aromatic N) is 1. The summed E-state index contributed by atoms with van der Waals surface area (Å²) >= 11 is 0. The van der Waals surface area contributed by atoms with Gasteiger partial charge in [-0.25, -0.2) is 4.79 Å². The zero-order chi connectivity index (χ0) is 21.7. The summed E-state index contributed by atoms with van der Waals surface area (Å²) in [6.45, 7) is 5.41. The number of carbonyl (C=O) groups excluding carboxylic acids is 2. The van der Waals surface area contributed by atoms with E-state index in [2.05, 4.69) is 5.16 Å². The number of aromatic nitrogens is 1. The SMILES string of the molecule is COc1ccc(C(C)=O)cc1COC(=O)c1cccc(OCc2c(C)noc2C)c1. The number of esters is 1. The number of ether oxygens (including phenoxy) is 3. The van der Waals surface area contributed by atoms with Crippen molar-refractivity contribution in [2.45, 2.75) is 34.0 Å². The van der Waals surface area contributed by atoms with E-state index < -0.39 is 5.97 Å². The zero-order valence-electron chi connectivity index (χ0n) is 17.4. The molecule has 0 amide bonds. The molecule has 0 aliphatic heterocycles. The number of aryl methyl sites for hydroxylation is 2. The van der Waals surface area contributed by atoms with Crippen LogP contribution in [0, 0.1) is 13.8 Å². The number of benzene rings is 2. The maximum absolute atomic E-state index is 12.5. The first-order chi connectivity index (χ1) is 14.4. The fourth-order valence-electron chi connectivity index (χ4n) is 2.91. The second-order valence-corrected chi connectivity index (χ2v) is 6.78. The average Bonchev–Trinajstić information content (AvgIpc) is 3.07. The van der Waals surface area contributed by atoms with Crippen LogP contribution in [0.15, 0.2) is 47.0 Å². The fraction of sp³-hybridized carbons (Fsp3) is 0.261. The monoisotopic (exact) mass is 409 g/mol. The van der Waals surface area contributed by atoms with E-state index in [1.165, 1.54) is 14.0 Å². The Hall–Kier alpha value is -3.61. The van der Waals surface area contributed by atoms with Crippen molar-refractivity contribution >= 4 is 11.8 Å². The van der Waals surface area contributed by atoms with Crippen LogP contribution in [0.5, 0.6) is 11.5 Å². The molecule has 0 radical (unpaired) electrons. The van der Waals surface area contributed by atoms with Gasteiger partial charge in [0.2, 0.25) is 0 Å². The van der Waals surface area contributed by atoms with E-state index in [9.17, 15) is 9.59 Å². The zero-order valence-corrected chi connectivity index (χ0v) is 17.4. The summed E-state index contributed by atoms with van der Waals surface area (Å²) in [6, 6.07) is 11.8.